The minimum absolute atomic E-state index is 0.0630. The molecule has 25 heavy (non-hydrogen) atoms. The molecule has 1 saturated carbocycles. The summed E-state index contributed by atoms with van der Waals surface area (Å²) in [5, 5.41) is 3.46. The summed E-state index contributed by atoms with van der Waals surface area (Å²) in [6, 6.07) is 3.66. The summed E-state index contributed by atoms with van der Waals surface area (Å²) in [5.74, 6) is 0.812. The molecular formula is C18H27N3O3S. The second-order valence-corrected chi connectivity index (χ2v) is 9.46. The highest BCUT2D eigenvalue weighted by atomic mass is 32.2. The molecule has 1 aliphatic carbocycles. The number of carbonyl (C=O) groups excluding carboxylic acids is 1. The van der Waals surface area contributed by atoms with Gasteiger partial charge in [-0.05, 0) is 31.4 Å². The number of aromatic nitrogens is 1. The fourth-order valence-corrected chi connectivity index (χ4v) is 5.50. The van der Waals surface area contributed by atoms with Gasteiger partial charge in [0.2, 0.25) is 0 Å². The molecule has 3 rings (SSSR count). The zero-order valence-corrected chi connectivity index (χ0v) is 15.6. The number of anilines is 1. The van der Waals surface area contributed by atoms with Crippen LogP contribution < -0.4 is 5.32 Å². The molecule has 0 aromatic carbocycles. The summed E-state index contributed by atoms with van der Waals surface area (Å²) in [5.41, 5.74) is 0.554. The Hall–Kier alpha value is -1.63. The van der Waals surface area contributed by atoms with Gasteiger partial charge in [-0.2, -0.15) is 0 Å². The normalized spacial score (nSPS) is 23.8. The molecule has 1 aromatic heterocycles. The predicted molar refractivity (Wildman–Crippen MR) is 98.5 cm³/mol. The lowest BCUT2D eigenvalue weighted by Crippen LogP contribution is -2.37. The second kappa shape index (κ2) is 7.72. The molecule has 7 heteroatoms. The van der Waals surface area contributed by atoms with Crippen LogP contribution >= 0.6 is 0 Å². The molecule has 1 saturated heterocycles. The molecule has 2 heterocycles. The molecule has 0 bridgehead atoms. The molecule has 6 nitrogen and oxygen atoms in total. The van der Waals surface area contributed by atoms with E-state index in [0.717, 1.165) is 18.7 Å². The predicted octanol–water partition coefficient (Wildman–Crippen LogP) is 2.48. The van der Waals surface area contributed by atoms with Crippen LogP contribution in [-0.4, -0.2) is 54.8 Å². The van der Waals surface area contributed by atoms with E-state index in [1.54, 1.807) is 30.3 Å². The number of sulfone groups is 1. The van der Waals surface area contributed by atoms with Crippen molar-refractivity contribution >= 4 is 21.6 Å². The number of rotatable bonds is 4. The average molecular weight is 365 g/mol. The summed E-state index contributed by atoms with van der Waals surface area (Å²) < 4.78 is 23.3. The molecule has 0 radical (unpaired) electrons. The van der Waals surface area contributed by atoms with Gasteiger partial charge in [-0.25, -0.2) is 13.4 Å². The number of nitrogens with one attached hydrogen (secondary N) is 1. The van der Waals surface area contributed by atoms with Crippen LogP contribution in [0, 0.1) is 0 Å². The number of hydrogen-bond donors (Lipinski definition) is 1. The minimum atomic E-state index is -3.01. The largest absolute Gasteiger partial charge is 0.367 e. The first-order valence-corrected chi connectivity index (χ1v) is 11.0. The first kappa shape index (κ1) is 18.2. The lowest BCUT2D eigenvalue weighted by Gasteiger charge is -2.24. The zero-order valence-electron chi connectivity index (χ0n) is 14.8. The summed E-state index contributed by atoms with van der Waals surface area (Å²) in [6.45, 7) is 0. The Balaban J connectivity index is 1.66. The van der Waals surface area contributed by atoms with Gasteiger partial charge in [-0.15, -0.1) is 0 Å². The van der Waals surface area contributed by atoms with E-state index in [9.17, 15) is 13.2 Å². The Bertz CT molecular complexity index is 712. The monoisotopic (exact) mass is 365 g/mol. The fraction of sp³-hybridized carbons (Fsp3) is 0.667. The SMILES string of the molecule is CN(C(=O)c1ccnc(NC2CCCCCC2)c1)C1CCS(=O)(=O)C1. The van der Waals surface area contributed by atoms with E-state index >= 15 is 0 Å². The van der Waals surface area contributed by atoms with E-state index in [2.05, 4.69) is 10.3 Å². The molecule has 1 aliphatic heterocycles. The summed E-state index contributed by atoms with van der Waals surface area (Å²) in [7, 11) is -1.32. The number of carbonyl (C=O) groups is 1. The van der Waals surface area contributed by atoms with Crippen LogP contribution in [0.2, 0.25) is 0 Å². The minimum Gasteiger partial charge on any atom is -0.367 e. The van der Waals surface area contributed by atoms with E-state index in [1.807, 2.05) is 0 Å². The Kier molecular flexibility index (Phi) is 5.61. The Morgan fingerprint density at radius 1 is 1.20 bits per heavy atom. The lowest BCUT2D eigenvalue weighted by atomic mass is 10.1. The maximum absolute atomic E-state index is 12.7. The van der Waals surface area contributed by atoms with Gasteiger partial charge in [0.25, 0.3) is 5.91 Å². The maximum Gasteiger partial charge on any atom is 0.254 e. The van der Waals surface area contributed by atoms with E-state index in [0.29, 0.717) is 18.0 Å². The van der Waals surface area contributed by atoms with Crippen molar-refractivity contribution < 1.29 is 13.2 Å². The van der Waals surface area contributed by atoms with Crippen molar-refractivity contribution in [3.63, 3.8) is 0 Å². The van der Waals surface area contributed by atoms with E-state index < -0.39 is 9.84 Å². The molecule has 1 atom stereocenters. The summed E-state index contributed by atoms with van der Waals surface area (Å²) in [6.07, 6.45) is 9.48. The summed E-state index contributed by atoms with van der Waals surface area (Å²) >= 11 is 0. The highest BCUT2D eigenvalue weighted by molar-refractivity contribution is 7.91. The van der Waals surface area contributed by atoms with Gasteiger partial charge in [0.15, 0.2) is 9.84 Å². The highest BCUT2D eigenvalue weighted by Crippen LogP contribution is 2.22. The standard InChI is InChI=1S/C18H27N3O3S/c1-21(16-9-11-25(23,24)13-16)18(22)14-8-10-19-17(12-14)20-15-6-4-2-3-5-7-15/h8,10,12,15-16H,2-7,9,11,13H2,1H3,(H,19,20). The van der Waals surface area contributed by atoms with Gasteiger partial charge < -0.3 is 10.2 Å². The van der Waals surface area contributed by atoms with E-state index in [-0.39, 0.29) is 23.5 Å². The number of pyridine rings is 1. The van der Waals surface area contributed by atoms with Crippen molar-refractivity contribution in [1.29, 1.82) is 0 Å². The molecule has 1 N–H and O–H groups in total. The smallest absolute Gasteiger partial charge is 0.254 e. The van der Waals surface area contributed by atoms with Crippen LogP contribution in [0.25, 0.3) is 0 Å². The van der Waals surface area contributed by atoms with Crippen molar-refractivity contribution in [3.8, 4) is 0 Å². The van der Waals surface area contributed by atoms with Crippen LogP contribution in [0.15, 0.2) is 18.3 Å². The maximum atomic E-state index is 12.7. The molecule has 138 valence electrons. The van der Waals surface area contributed by atoms with Gasteiger partial charge >= 0.3 is 0 Å². The first-order valence-electron chi connectivity index (χ1n) is 9.15. The molecule has 1 unspecified atom stereocenters. The van der Waals surface area contributed by atoms with Crippen LogP contribution in [0.3, 0.4) is 0 Å². The third kappa shape index (κ3) is 4.71. The molecule has 2 aliphatic rings. The third-order valence-corrected chi connectivity index (χ3v) is 7.04. The van der Waals surface area contributed by atoms with Crippen molar-refractivity contribution in [1.82, 2.24) is 9.88 Å². The Morgan fingerprint density at radius 2 is 1.92 bits per heavy atom. The Morgan fingerprint density at radius 3 is 2.56 bits per heavy atom. The lowest BCUT2D eigenvalue weighted by molar-refractivity contribution is 0.0747. The molecule has 2 fully saturated rings. The topological polar surface area (TPSA) is 79.4 Å². The zero-order chi connectivity index (χ0) is 17.9. The van der Waals surface area contributed by atoms with Gasteiger partial charge in [-0.3, -0.25) is 4.79 Å². The molecule has 1 aromatic rings. The van der Waals surface area contributed by atoms with Gasteiger partial charge in [-0.1, -0.05) is 25.7 Å². The van der Waals surface area contributed by atoms with Crippen LogP contribution in [0.5, 0.6) is 0 Å². The van der Waals surface area contributed by atoms with Gasteiger partial charge in [0, 0.05) is 30.9 Å². The second-order valence-electron chi connectivity index (χ2n) is 7.24. The molecule has 1 amide bonds. The van der Waals surface area contributed by atoms with E-state index in [4.69, 9.17) is 0 Å². The molecular weight excluding hydrogens is 338 g/mol. The van der Waals surface area contributed by atoms with Crippen molar-refractivity contribution in [3.05, 3.63) is 23.9 Å². The van der Waals surface area contributed by atoms with Gasteiger partial charge in [0.1, 0.15) is 5.82 Å². The van der Waals surface area contributed by atoms with Crippen molar-refractivity contribution in [2.24, 2.45) is 0 Å². The Labute approximate surface area is 149 Å². The fourth-order valence-electron chi connectivity index (χ4n) is 3.73. The summed E-state index contributed by atoms with van der Waals surface area (Å²) in [4.78, 5) is 18.6. The molecule has 0 spiro atoms. The average Bonchev–Trinajstić information content (AvgIpc) is 2.79. The quantitative estimate of drug-likeness (QED) is 0.829. The number of nitrogens with zero attached hydrogens (tertiary/aromatic N) is 2. The van der Waals surface area contributed by atoms with Crippen LogP contribution in [-0.2, 0) is 9.84 Å². The third-order valence-electron chi connectivity index (χ3n) is 5.29. The van der Waals surface area contributed by atoms with Gasteiger partial charge in [0.05, 0.1) is 11.5 Å². The van der Waals surface area contributed by atoms with Crippen LogP contribution in [0.1, 0.15) is 55.3 Å². The van der Waals surface area contributed by atoms with Crippen molar-refractivity contribution in [2.45, 2.75) is 57.0 Å². The number of hydrogen-bond acceptors (Lipinski definition) is 5. The first-order chi connectivity index (χ1) is 11.9. The highest BCUT2D eigenvalue weighted by Gasteiger charge is 2.33. The van der Waals surface area contributed by atoms with E-state index in [1.165, 1.54) is 25.7 Å². The number of amides is 1. The van der Waals surface area contributed by atoms with Crippen LogP contribution in [0.4, 0.5) is 5.82 Å². The van der Waals surface area contributed by atoms with Crippen molar-refractivity contribution in [2.75, 3.05) is 23.9 Å².